The minimum absolute atomic E-state index is 0.0177. The Labute approximate surface area is 158 Å². The van der Waals surface area contributed by atoms with Crippen molar-refractivity contribution in [2.24, 2.45) is 5.92 Å². The Balaban J connectivity index is 1.59. The van der Waals surface area contributed by atoms with E-state index in [0.717, 1.165) is 23.5 Å². The Morgan fingerprint density at radius 2 is 2.04 bits per heavy atom. The third kappa shape index (κ3) is 4.25. The molecule has 5 nitrogen and oxygen atoms in total. The van der Waals surface area contributed by atoms with Crippen LogP contribution in [0.5, 0.6) is 5.75 Å². The Morgan fingerprint density at radius 3 is 2.73 bits per heavy atom. The van der Waals surface area contributed by atoms with E-state index in [9.17, 15) is 9.59 Å². The first kappa shape index (κ1) is 18.5. The van der Waals surface area contributed by atoms with Crippen molar-refractivity contribution in [2.45, 2.75) is 26.2 Å². The van der Waals surface area contributed by atoms with Crippen LogP contribution in [-0.4, -0.2) is 37.4 Å². The lowest BCUT2D eigenvalue weighted by molar-refractivity contribution is -0.116. The number of nitrogens with one attached hydrogen (secondary N) is 1. The average Bonchev–Trinajstić information content (AvgIpc) is 3.04. The van der Waals surface area contributed by atoms with Gasteiger partial charge in [-0.05, 0) is 61.1 Å². The summed E-state index contributed by atoms with van der Waals surface area (Å²) in [5, 5.41) is 2.80. The number of benzene rings is 1. The van der Waals surface area contributed by atoms with Gasteiger partial charge in [0.25, 0.3) is 5.91 Å². The van der Waals surface area contributed by atoms with Crippen molar-refractivity contribution in [2.75, 3.05) is 26.0 Å². The Bertz CT molecular complexity index is 798. The molecule has 1 aliphatic rings. The molecule has 1 aromatic carbocycles. The van der Waals surface area contributed by atoms with Crippen molar-refractivity contribution in [3.8, 4) is 5.75 Å². The third-order valence-corrected chi connectivity index (χ3v) is 5.87. The summed E-state index contributed by atoms with van der Waals surface area (Å²) in [6, 6.07) is 9.11. The van der Waals surface area contributed by atoms with Crippen LogP contribution in [0.2, 0.25) is 0 Å². The number of amides is 2. The number of likely N-dealkylation sites (N-methyl/N-ethyl adjacent to an activating group) is 1. The number of methoxy groups -OCH3 is 1. The zero-order valence-corrected chi connectivity index (χ0v) is 16.2. The summed E-state index contributed by atoms with van der Waals surface area (Å²) in [5.74, 6) is 1.09. The second kappa shape index (κ2) is 7.91. The highest BCUT2D eigenvalue weighted by atomic mass is 32.1. The molecule has 1 aromatic heterocycles. The highest BCUT2D eigenvalue weighted by Crippen LogP contribution is 2.32. The normalized spacial score (nSPS) is 15.9. The van der Waals surface area contributed by atoms with Gasteiger partial charge in [-0.2, -0.15) is 0 Å². The molecule has 0 saturated carbocycles. The van der Waals surface area contributed by atoms with E-state index < -0.39 is 0 Å². The van der Waals surface area contributed by atoms with Crippen molar-refractivity contribution < 1.29 is 14.3 Å². The molecule has 6 heteroatoms. The number of thiophene rings is 1. The van der Waals surface area contributed by atoms with Crippen molar-refractivity contribution in [1.82, 2.24) is 4.90 Å². The monoisotopic (exact) mass is 372 g/mol. The van der Waals surface area contributed by atoms with Crippen LogP contribution < -0.4 is 10.1 Å². The molecule has 0 spiro atoms. The van der Waals surface area contributed by atoms with E-state index >= 15 is 0 Å². The Morgan fingerprint density at radius 1 is 1.31 bits per heavy atom. The first-order chi connectivity index (χ1) is 12.5. The summed E-state index contributed by atoms with van der Waals surface area (Å²) in [6.07, 6.45) is 3.28. The van der Waals surface area contributed by atoms with Crippen LogP contribution in [0.25, 0.3) is 0 Å². The van der Waals surface area contributed by atoms with E-state index in [4.69, 9.17) is 4.74 Å². The van der Waals surface area contributed by atoms with Crippen LogP contribution in [0.4, 0.5) is 5.69 Å². The summed E-state index contributed by atoms with van der Waals surface area (Å²) < 4.78 is 5.10. The van der Waals surface area contributed by atoms with Crippen molar-refractivity contribution in [1.29, 1.82) is 0 Å². The zero-order chi connectivity index (χ0) is 18.7. The fourth-order valence-electron chi connectivity index (χ4n) is 3.16. The molecule has 0 radical (unpaired) electrons. The maximum absolute atomic E-state index is 12.7. The molecule has 0 unspecified atom stereocenters. The first-order valence-electron chi connectivity index (χ1n) is 8.77. The SMILES string of the molecule is COc1ccc(NC(=O)CN(C)C(=O)c2cc3c(s2)CC[C@@H](C)C3)cc1. The molecule has 138 valence electrons. The van der Waals surface area contributed by atoms with E-state index in [2.05, 4.69) is 12.2 Å². The van der Waals surface area contributed by atoms with Crippen LogP contribution in [0.15, 0.2) is 30.3 Å². The number of nitrogens with zero attached hydrogens (tertiary/aromatic N) is 1. The first-order valence-corrected chi connectivity index (χ1v) is 9.59. The number of anilines is 1. The number of ether oxygens (including phenoxy) is 1. The predicted octanol–water partition coefficient (Wildman–Crippen LogP) is 3.59. The quantitative estimate of drug-likeness (QED) is 0.872. The third-order valence-electron chi connectivity index (χ3n) is 4.64. The van der Waals surface area contributed by atoms with Crippen molar-refractivity contribution >= 4 is 28.8 Å². The molecule has 1 heterocycles. The number of carbonyl (C=O) groups is 2. The fraction of sp³-hybridized carbons (Fsp3) is 0.400. The second-order valence-electron chi connectivity index (χ2n) is 6.84. The molecular weight excluding hydrogens is 348 g/mol. The molecule has 2 amide bonds. The average molecular weight is 372 g/mol. The van der Waals surface area contributed by atoms with E-state index in [1.165, 1.54) is 21.8 Å². The van der Waals surface area contributed by atoms with Gasteiger partial charge in [0.2, 0.25) is 5.91 Å². The number of rotatable bonds is 5. The highest BCUT2D eigenvalue weighted by molar-refractivity contribution is 7.14. The largest absolute Gasteiger partial charge is 0.497 e. The van der Waals surface area contributed by atoms with Gasteiger partial charge in [0.1, 0.15) is 5.75 Å². The standard InChI is InChI=1S/C20H24N2O3S/c1-13-4-9-17-14(10-13)11-18(26-17)20(24)22(2)12-19(23)21-15-5-7-16(25-3)8-6-15/h5-8,11,13H,4,9-10,12H2,1-3H3,(H,21,23)/t13-/m1/s1. The molecule has 0 bridgehead atoms. The summed E-state index contributed by atoms with van der Waals surface area (Å²) in [4.78, 5) is 28.4. The van der Waals surface area contributed by atoms with E-state index in [0.29, 0.717) is 11.6 Å². The maximum atomic E-state index is 12.7. The molecule has 2 aromatic rings. The minimum atomic E-state index is -0.221. The van der Waals surface area contributed by atoms with Gasteiger partial charge in [0.15, 0.2) is 0 Å². The van der Waals surface area contributed by atoms with E-state index in [1.54, 1.807) is 49.8 Å². The summed E-state index contributed by atoms with van der Waals surface area (Å²) in [5.41, 5.74) is 1.98. The van der Waals surface area contributed by atoms with Gasteiger partial charge in [-0.3, -0.25) is 9.59 Å². The zero-order valence-electron chi connectivity index (χ0n) is 15.4. The number of fused-ring (bicyclic) bond motifs is 1. The minimum Gasteiger partial charge on any atom is -0.497 e. The van der Waals surface area contributed by atoms with Gasteiger partial charge in [-0.25, -0.2) is 0 Å². The molecule has 0 fully saturated rings. The van der Waals surface area contributed by atoms with Crippen LogP contribution in [0, 0.1) is 5.92 Å². The highest BCUT2D eigenvalue weighted by Gasteiger charge is 2.23. The lowest BCUT2D eigenvalue weighted by Gasteiger charge is -2.16. The van der Waals surface area contributed by atoms with Crippen LogP contribution in [0.1, 0.15) is 33.5 Å². The van der Waals surface area contributed by atoms with Crippen LogP contribution in [-0.2, 0) is 17.6 Å². The van der Waals surface area contributed by atoms with Crippen LogP contribution in [0.3, 0.4) is 0 Å². The molecule has 1 aliphatic carbocycles. The number of hydrogen-bond acceptors (Lipinski definition) is 4. The van der Waals surface area contributed by atoms with Gasteiger partial charge in [0, 0.05) is 17.6 Å². The van der Waals surface area contributed by atoms with Crippen molar-refractivity contribution in [3.63, 3.8) is 0 Å². The Kier molecular flexibility index (Phi) is 5.61. The molecule has 3 rings (SSSR count). The van der Waals surface area contributed by atoms with Gasteiger partial charge < -0.3 is 15.0 Å². The smallest absolute Gasteiger partial charge is 0.264 e. The second-order valence-corrected chi connectivity index (χ2v) is 7.98. The van der Waals surface area contributed by atoms with E-state index in [1.807, 2.05) is 6.07 Å². The fourth-order valence-corrected chi connectivity index (χ4v) is 4.36. The number of carbonyl (C=O) groups excluding carboxylic acids is 2. The van der Waals surface area contributed by atoms with Crippen molar-refractivity contribution in [3.05, 3.63) is 45.6 Å². The summed E-state index contributed by atoms with van der Waals surface area (Å²) >= 11 is 1.57. The molecule has 26 heavy (non-hydrogen) atoms. The van der Waals surface area contributed by atoms with Crippen LogP contribution >= 0.6 is 11.3 Å². The topological polar surface area (TPSA) is 58.6 Å². The van der Waals surface area contributed by atoms with E-state index in [-0.39, 0.29) is 18.4 Å². The lowest BCUT2D eigenvalue weighted by atomic mass is 9.90. The number of aryl methyl sites for hydroxylation is 1. The van der Waals surface area contributed by atoms with Gasteiger partial charge in [-0.15, -0.1) is 11.3 Å². The molecule has 0 saturated heterocycles. The lowest BCUT2D eigenvalue weighted by Crippen LogP contribution is -2.34. The Hall–Kier alpha value is -2.34. The molecular formula is C20H24N2O3S. The predicted molar refractivity (Wildman–Crippen MR) is 104 cm³/mol. The van der Waals surface area contributed by atoms with Gasteiger partial charge >= 0.3 is 0 Å². The number of hydrogen-bond donors (Lipinski definition) is 1. The summed E-state index contributed by atoms with van der Waals surface area (Å²) in [7, 11) is 3.26. The van der Waals surface area contributed by atoms with Gasteiger partial charge in [0.05, 0.1) is 18.5 Å². The summed E-state index contributed by atoms with van der Waals surface area (Å²) in [6.45, 7) is 2.27. The molecule has 0 aliphatic heterocycles. The molecule has 1 N–H and O–H groups in total. The van der Waals surface area contributed by atoms with Gasteiger partial charge in [-0.1, -0.05) is 6.92 Å². The molecule has 1 atom stereocenters. The maximum Gasteiger partial charge on any atom is 0.264 e.